The van der Waals surface area contributed by atoms with Gasteiger partial charge in [-0.05, 0) is 18.6 Å². The van der Waals surface area contributed by atoms with E-state index in [4.69, 9.17) is 4.42 Å². The summed E-state index contributed by atoms with van der Waals surface area (Å²) in [6, 6.07) is 1.94. The van der Waals surface area contributed by atoms with Gasteiger partial charge < -0.3 is 4.42 Å². The molecular weight excluding hydrogens is 661 g/mol. The number of nitrogens with zero attached hydrogens (tertiary/aromatic N) is 17. The number of rotatable bonds is 6. The number of benzene rings is 2. The van der Waals surface area contributed by atoms with Crippen LogP contribution in [0.15, 0.2) is 83.1 Å². The summed E-state index contributed by atoms with van der Waals surface area (Å²) in [5.74, 6) is 2.05. The summed E-state index contributed by atoms with van der Waals surface area (Å²) in [5.41, 5.74) is 4.76. The van der Waals surface area contributed by atoms with Gasteiger partial charge in [-0.2, -0.15) is 4.40 Å². The van der Waals surface area contributed by atoms with Gasteiger partial charge in [0.1, 0.15) is 80.8 Å². The largest absolute Gasteiger partial charge is 0.454 e. The third kappa shape index (κ3) is 4.73. The zero-order chi connectivity index (χ0) is 33.4. The van der Waals surface area contributed by atoms with Crippen molar-refractivity contribution in [2.24, 2.45) is 9.39 Å². The van der Waals surface area contributed by atoms with Crippen LogP contribution in [0.4, 0.5) is 0 Å². The highest BCUT2D eigenvalue weighted by atomic mass is 32.2. The minimum atomic E-state index is 0.278. The van der Waals surface area contributed by atoms with Crippen molar-refractivity contribution < 1.29 is 4.42 Å². The molecule has 0 aliphatic carbocycles. The van der Waals surface area contributed by atoms with Gasteiger partial charge in [0.25, 0.3) is 0 Å². The third-order valence-electron chi connectivity index (χ3n) is 7.73. The van der Waals surface area contributed by atoms with Crippen LogP contribution in [0.5, 0.6) is 0 Å². The molecule has 8 aromatic rings. The van der Waals surface area contributed by atoms with E-state index in [1.54, 1.807) is 0 Å². The zero-order valence-electron chi connectivity index (χ0n) is 25.3. The average Bonchev–Trinajstić information content (AvgIpc) is 3.57. The van der Waals surface area contributed by atoms with E-state index in [1.807, 2.05) is 13.0 Å². The molecule has 0 radical (unpaired) electrons. The first-order valence-electron chi connectivity index (χ1n) is 14.5. The predicted molar refractivity (Wildman–Crippen MR) is 178 cm³/mol. The van der Waals surface area contributed by atoms with Crippen LogP contribution in [-0.2, 0) is 0 Å². The Morgan fingerprint density at radius 3 is 1.48 bits per heavy atom. The van der Waals surface area contributed by atoms with Gasteiger partial charge in [0.2, 0.25) is 0 Å². The Hall–Kier alpha value is -7.22. The third-order valence-corrected chi connectivity index (χ3v) is 8.22. The highest BCUT2D eigenvalue weighted by Crippen LogP contribution is 2.50. The first-order valence-corrected chi connectivity index (χ1v) is 15.3. The van der Waals surface area contributed by atoms with Crippen molar-refractivity contribution in [3.05, 3.63) is 80.5 Å². The zero-order valence-corrected chi connectivity index (χ0v) is 26.2. The van der Waals surface area contributed by atoms with Crippen LogP contribution in [0.25, 0.3) is 78.9 Å². The Bertz CT molecular complexity index is 2590. The fourth-order valence-electron chi connectivity index (χ4n) is 5.80. The van der Waals surface area contributed by atoms with Gasteiger partial charge in [-0.15, -0.1) is 0 Å². The molecule has 1 N–H and O–H groups in total. The van der Waals surface area contributed by atoms with Crippen molar-refractivity contribution in [1.82, 2.24) is 79.5 Å². The minimum Gasteiger partial charge on any atom is -0.454 e. The van der Waals surface area contributed by atoms with Gasteiger partial charge in [0, 0.05) is 33.0 Å². The number of furan rings is 1. The lowest BCUT2D eigenvalue weighted by atomic mass is 9.88. The first kappa shape index (κ1) is 29.0. The quantitative estimate of drug-likeness (QED) is 0.249. The molecule has 238 valence electrons. The normalized spacial score (nSPS) is 12.6. The molecule has 0 saturated heterocycles. The molecule has 50 heavy (non-hydrogen) atoms. The van der Waals surface area contributed by atoms with Crippen molar-refractivity contribution in [3.63, 3.8) is 0 Å². The van der Waals surface area contributed by atoms with E-state index < -0.39 is 0 Å². The number of aliphatic imine (C=N–C) groups is 1. The highest BCUT2D eigenvalue weighted by Gasteiger charge is 2.34. The van der Waals surface area contributed by atoms with Gasteiger partial charge in [0.15, 0.2) is 35.0 Å². The van der Waals surface area contributed by atoms with E-state index in [-0.39, 0.29) is 11.6 Å². The summed E-state index contributed by atoms with van der Waals surface area (Å²) in [4.78, 5) is 70.3. The van der Waals surface area contributed by atoms with Crippen LogP contribution in [-0.4, -0.2) is 86.9 Å². The fraction of sp³-hybridized carbons (Fsp3) is 0.0333. The molecule has 0 spiro atoms. The topological polar surface area (TPSA) is 243 Å². The lowest BCUT2D eigenvalue weighted by Crippen LogP contribution is -2.21. The monoisotopic (exact) mass is 676 g/mol. The molecule has 0 bridgehead atoms. The Labute approximate surface area is 283 Å². The van der Waals surface area contributed by atoms with Crippen LogP contribution >= 0.6 is 12.1 Å². The van der Waals surface area contributed by atoms with E-state index in [0.717, 1.165) is 17.7 Å². The minimum absolute atomic E-state index is 0.278. The SMILES string of the molecule is Cc1c(-c2ncncn2)cc2c(oc3c(C4=NC=NSN4)c(-c4ncncn4)c(-c4ncncn4)c(-c4ncncn4)c32)c1-c1ncncn1. The second-order valence-corrected chi connectivity index (χ2v) is 10.9. The van der Waals surface area contributed by atoms with Crippen LogP contribution < -0.4 is 4.72 Å². The van der Waals surface area contributed by atoms with Crippen LogP contribution in [0.1, 0.15) is 11.1 Å². The summed E-state index contributed by atoms with van der Waals surface area (Å²) in [6.07, 6.45) is 15.5. The van der Waals surface area contributed by atoms with Crippen LogP contribution in [0.2, 0.25) is 0 Å². The van der Waals surface area contributed by atoms with E-state index in [2.05, 4.69) is 88.9 Å². The summed E-state index contributed by atoms with van der Waals surface area (Å²) in [5, 5.41) is 1.21. The molecule has 20 heteroatoms. The predicted octanol–water partition coefficient (Wildman–Crippen LogP) is 3.10. The highest BCUT2D eigenvalue weighted by molar-refractivity contribution is 7.96. The lowest BCUT2D eigenvalue weighted by Gasteiger charge is -2.19. The first-order chi connectivity index (χ1) is 24.8. The smallest absolute Gasteiger partial charge is 0.166 e. The van der Waals surface area contributed by atoms with Crippen LogP contribution in [0, 0.1) is 6.92 Å². The number of amidine groups is 1. The molecule has 0 unspecified atom stereocenters. The molecule has 0 fully saturated rings. The lowest BCUT2D eigenvalue weighted by molar-refractivity contribution is 0.668. The number of aromatic nitrogens is 15. The molecule has 6 aromatic heterocycles. The summed E-state index contributed by atoms with van der Waals surface area (Å²) >= 11 is 1.09. The second kappa shape index (κ2) is 12.1. The number of hydrogen-bond acceptors (Lipinski definition) is 20. The van der Waals surface area contributed by atoms with E-state index in [1.165, 1.54) is 69.6 Å². The summed E-state index contributed by atoms with van der Waals surface area (Å²) in [7, 11) is 0. The fourth-order valence-corrected chi connectivity index (χ4v) is 6.19. The molecule has 0 amide bonds. The number of nitrogens with one attached hydrogen (secondary N) is 1. The molecule has 9 rings (SSSR count). The molecule has 7 heterocycles. The Morgan fingerprint density at radius 2 is 0.980 bits per heavy atom. The maximum absolute atomic E-state index is 6.99. The van der Waals surface area contributed by atoms with Crippen molar-refractivity contribution >= 4 is 46.2 Å². The van der Waals surface area contributed by atoms with Crippen molar-refractivity contribution in [2.75, 3.05) is 0 Å². The summed E-state index contributed by atoms with van der Waals surface area (Å²) in [6.45, 7) is 1.92. The van der Waals surface area contributed by atoms with Gasteiger partial charge >= 0.3 is 0 Å². The van der Waals surface area contributed by atoms with Gasteiger partial charge in [-0.25, -0.2) is 79.8 Å². The molecular formula is C30H16N18OS. The van der Waals surface area contributed by atoms with Crippen LogP contribution in [0.3, 0.4) is 0 Å². The second-order valence-electron chi connectivity index (χ2n) is 10.3. The number of hydrogen-bond donors (Lipinski definition) is 1. The Balaban J connectivity index is 1.58. The summed E-state index contributed by atoms with van der Waals surface area (Å²) < 4.78 is 14.3. The molecule has 2 aromatic carbocycles. The molecule has 19 nitrogen and oxygen atoms in total. The van der Waals surface area contributed by atoms with E-state index in [0.29, 0.717) is 78.6 Å². The average molecular weight is 677 g/mol. The van der Waals surface area contributed by atoms with Gasteiger partial charge in [-0.1, -0.05) is 0 Å². The molecule has 0 saturated carbocycles. The van der Waals surface area contributed by atoms with Crippen molar-refractivity contribution in [2.45, 2.75) is 6.92 Å². The molecule has 1 aliphatic heterocycles. The van der Waals surface area contributed by atoms with E-state index >= 15 is 0 Å². The Morgan fingerprint density at radius 1 is 0.520 bits per heavy atom. The van der Waals surface area contributed by atoms with E-state index in [9.17, 15) is 0 Å². The van der Waals surface area contributed by atoms with Crippen molar-refractivity contribution in [1.29, 1.82) is 0 Å². The van der Waals surface area contributed by atoms with Gasteiger partial charge in [0.05, 0.1) is 23.3 Å². The molecule has 0 atom stereocenters. The van der Waals surface area contributed by atoms with Crippen molar-refractivity contribution in [3.8, 4) is 56.9 Å². The Kier molecular flexibility index (Phi) is 7.01. The number of fused-ring (bicyclic) bond motifs is 3. The van der Waals surface area contributed by atoms with Gasteiger partial charge in [-0.3, -0.25) is 4.72 Å². The maximum Gasteiger partial charge on any atom is 0.166 e. The standard InChI is InChI=1S/C30H16N18OS/c1-14-15(25-36-3-31-4-37-25)2-16-18-19(27-40-7-33-8-41-27)20(28-42-9-34-10-43-28)21(29-44-11-35-12-45-29)22(30-46-13-47-50-48-30)24(18)49-23(16)17(14)26-38-5-32-6-39-26/h2-13H,1H3,(H,46,47,48). The maximum atomic E-state index is 6.99. The molecule has 1 aliphatic rings.